The fraction of sp³-hybridized carbons (Fsp3) is 0.545. The van der Waals surface area contributed by atoms with Crippen molar-refractivity contribution in [3.63, 3.8) is 0 Å². The first kappa shape index (κ1) is 14.4. The smallest absolute Gasteiger partial charge is 0.204 e. The molecule has 0 amide bonds. The third-order valence-electron chi connectivity index (χ3n) is 2.20. The van der Waals surface area contributed by atoms with Gasteiger partial charge in [-0.1, -0.05) is 0 Å². The number of hydrogen-bond donors (Lipinski definition) is 3. The lowest BCUT2D eigenvalue weighted by Crippen LogP contribution is -2.34. The average molecular weight is 266 g/mol. The first-order chi connectivity index (χ1) is 8.77. The molecule has 0 radical (unpaired) electrons. The summed E-state index contributed by atoms with van der Waals surface area (Å²) in [6.07, 6.45) is 3.57. The third kappa shape index (κ3) is 5.10. The molecule has 0 aromatic carbocycles. The molecule has 1 heterocycles. The first-order valence-corrected chi connectivity index (χ1v) is 6.93. The van der Waals surface area contributed by atoms with Gasteiger partial charge in [0, 0.05) is 23.7 Å². The van der Waals surface area contributed by atoms with Crippen molar-refractivity contribution in [2.24, 2.45) is 4.99 Å². The molecule has 0 fully saturated rings. The Bertz CT molecular complexity index is 419. The molecule has 0 spiro atoms. The summed E-state index contributed by atoms with van der Waals surface area (Å²) >= 11 is 1.78. The van der Waals surface area contributed by atoms with Crippen LogP contribution in [0.1, 0.15) is 18.3 Å². The quantitative estimate of drug-likeness (QED) is 0.235. The van der Waals surface area contributed by atoms with Crippen LogP contribution < -0.4 is 10.6 Å². The van der Waals surface area contributed by atoms with Gasteiger partial charge in [-0.15, -0.1) is 0 Å². The van der Waals surface area contributed by atoms with Crippen molar-refractivity contribution in [1.29, 1.82) is 5.26 Å². The zero-order chi connectivity index (χ0) is 13.2. The first-order valence-electron chi connectivity index (χ1n) is 5.78. The van der Waals surface area contributed by atoms with Gasteiger partial charge in [0.1, 0.15) is 0 Å². The van der Waals surface area contributed by atoms with Gasteiger partial charge in [-0.25, -0.2) is 4.98 Å². The predicted octanol–water partition coefficient (Wildman–Crippen LogP) is 0.988. The number of nitrogens with zero attached hydrogens (tertiary/aromatic N) is 3. The number of aromatic nitrogens is 2. The van der Waals surface area contributed by atoms with Crippen LogP contribution in [0.4, 0.5) is 0 Å². The van der Waals surface area contributed by atoms with Crippen molar-refractivity contribution < 1.29 is 0 Å². The van der Waals surface area contributed by atoms with Gasteiger partial charge < -0.3 is 10.3 Å². The van der Waals surface area contributed by atoms with Crippen LogP contribution in [0.5, 0.6) is 0 Å². The van der Waals surface area contributed by atoms with Crippen molar-refractivity contribution in [3.8, 4) is 6.19 Å². The van der Waals surface area contributed by atoms with Crippen LogP contribution in [0.15, 0.2) is 11.3 Å². The molecule has 0 saturated heterocycles. The molecule has 7 heteroatoms. The minimum Gasteiger partial charge on any atom is -0.356 e. The van der Waals surface area contributed by atoms with Gasteiger partial charge in [0.15, 0.2) is 6.19 Å². The van der Waals surface area contributed by atoms with E-state index in [4.69, 9.17) is 5.26 Å². The normalized spacial score (nSPS) is 11.1. The van der Waals surface area contributed by atoms with Crippen molar-refractivity contribution >= 4 is 17.7 Å². The van der Waals surface area contributed by atoms with Gasteiger partial charge in [-0.05, 0) is 13.8 Å². The van der Waals surface area contributed by atoms with E-state index in [0.29, 0.717) is 12.5 Å². The summed E-state index contributed by atoms with van der Waals surface area (Å²) in [6.45, 7) is 5.39. The molecule has 6 nitrogen and oxygen atoms in total. The largest absolute Gasteiger partial charge is 0.356 e. The highest BCUT2D eigenvalue weighted by Crippen LogP contribution is 2.11. The van der Waals surface area contributed by atoms with Gasteiger partial charge in [0.2, 0.25) is 5.96 Å². The second kappa shape index (κ2) is 8.42. The van der Waals surface area contributed by atoms with Crippen LogP contribution in [0.25, 0.3) is 0 Å². The minimum atomic E-state index is 0.538. The molecule has 0 aliphatic heterocycles. The van der Waals surface area contributed by atoms with Gasteiger partial charge >= 0.3 is 0 Å². The van der Waals surface area contributed by atoms with E-state index in [0.717, 1.165) is 29.4 Å². The summed E-state index contributed by atoms with van der Waals surface area (Å²) in [5, 5.41) is 14.0. The van der Waals surface area contributed by atoms with Crippen LogP contribution in [-0.2, 0) is 5.75 Å². The number of nitrogens with one attached hydrogen (secondary N) is 3. The average Bonchev–Trinajstić information content (AvgIpc) is 2.75. The Morgan fingerprint density at radius 2 is 2.50 bits per heavy atom. The summed E-state index contributed by atoms with van der Waals surface area (Å²) in [5.41, 5.74) is 2.21. The number of hydrogen-bond acceptors (Lipinski definition) is 4. The highest BCUT2D eigenvalue weighted by atomic mass is 32.2. The Hall–Kier alpha value is -1.68. The number of guanidine groups is 1. The minimum absolute atomic E-state index is 0.538. The van der Waals surface area contributed by atoms with Crippen molar-refractivity contribution in [2.45, 2.75) is 19.6 Å². The van der Waals surface area contributed by atoms with Gasteiger partial charge in [0.25, 0.3) is 0 Å². The van der Waals surface area contributed by atoms with Crippen molar-refractivity contribution in [3.05, 3.63) is 17.7 Å². The second-order valence-corrected chi connectivity index (χ2v) is 4.63. The highest BCUT2D eigenvalue weighted by Gasteiger charge is 2.00. The van der Waals surface area contributed by atoms with E-state index in [1.165, 1.54) is 0 Å². The van der Waals surface area contributed by atoms with E-state index in [9.17, 15) is 0 Å². The molecule has 0 aliphatic rings. The number of H-pyrrole nitrogens is 1. The zero-order valence-corrected chi connectivity index (χ0v) is 11.5. The summed E-state index contributed by atoms with van der Waals surface area (Å²) in [6, 6.07) is 0. The fourth-order valence-electron chi connectivity index (χ4n) is 1.28. The Morgan fingerprint density at radius 1 is 1.67 bits per heavy atom. The van der Waals surface area contributed by atoms with E-state index in [1.807, 2.05) is 20.0 Å². The van der Waals surface area contributed by atoms with Crippen molar-refractivity contribution in [1.82, 2.24) is 20.6 Å². The van der Waals surface area contributed by atoms with Gasteiger partial charge in [-0.2, -0.15) is 17.0 Å². The maximum Gasteiger partial charge on any atom is 0.204 e. The SMILES string of the molecule is CCNC(=NCCSCc1nc[nH]c1C)NC#N. The molecular weight excluding hydrogens is 248 g/mol. The number of aromatic amines is 1. The highest BCUT2D eigenvalue weighted by molar-refractivity contribution is 7.98. The topological polar surface area (TPSA) is 88.9 Å². The molecule has 3 N–H and O–H groups in total. The Balaban J connectivity index is 2.23. The lowest BCUT2D eigenvalue weighted by molar-refractivity contribution is 0.910. The number of nitriles is 1. The third-order valence-corrected chi connectivity index (χ3v) is 3.15. The van der Waals surface area contributed by atoms with Gasteiger partial charge in [-0.3, -0.25) is 10.3 Å². The molecule has 1 aromatic rings. The molecule has 0 aliphatic carbocycles. The Labute approximate surface area is 111 Å². The molecule has 98 valence electrons. The summed E-state index contributed by atoms with van der Waals surface area (Å²) in [4.78, 5) is 11.5. The van der Waals surface area contributed by atoms with Crippen LogP contribution >= 0.6 is 11.8 Å². The van der Waals surface area contributed by atoms with Crippen LogP contribution in [-0.4, -0.2) is 34.8 Å². The number of rotatable bonds is 6. The zero-order valence-electron chi connectivity index (χ0n) is 10.7. The Morgan fingerprint density at radius 3 is 3.11 bits per heavy atom. The number of thioether (sulfide) groups is 1. The van der Waals surface area contributed by atoms with E-state index >= 15 is 0 Å². The summed E-state index contributed by atoms with van der Waals surface area (Å²) < 4.78 is 0. The molecule has 18 heavy (non-hydrogen) atoms. The molecule has 0 unspecified atom stereocenters. The lowest BCUT2D eigenvalue weighted by Gasteiger charge is -2.04. The fourth-order valence-corrected chi connectivity index (χ4v) is 2.13. The van der Waals surface area contributed by atoms with E-state index < -0.39 is 0 Å². The predicted molar refractivity (Wildman–Crippen MR) is 74.2 cm³/mol. The molecule has 0 bridgehead atoms. The number of imidazole rings is 1. The maximum absolute atomic E-state index is 8.52. The molecule has 1 rings (SSSR count). The summed E-state index contributed by atoms with van der Waals surface area (Å²) in [5.74, 6) is 2.32. The van der Waals surface area contributed by atoms with Crippen LogP contribution in [0.2, 0.25) is 0 Å². The molecule has 1 aromatic heterocycles. The second-order valence-electron chi connectivity index (χ2n) is 3.52. The number of aliphatic imine (C=N–C) groups is 1. The monoisotopic (exact) mass is 266 g/mol. The van der Waals surface area contributed by atoms with E-state index in [-0.39, 0.29) is 0 Å². The van der Waals surface area contributed by atoms with Crippen LogP contribution in [0, 0.1) is 18.4 Å². The van der Waals surface area contributed by atoms with Crippen molar-refractivity contribution in [2.75, 3.05) is 18.8 Å². The standard InChI is InChI=1S/C11H18N6S/c1-3-13-11(15-7-12)14-4-5-18-6-10-9(2)16-8-17-10/h8H,3-6H2,1-2H3,(H,16,17)(H2,13,14,15). The lowest BCUT2D eigenvalue weighted by atomic mass is 10.4. The summed E-state index contributed by atoms with van der Waals surface area (Å²) in [7, 11) is 0. The molecule has 0 saturated carbocycles. The van der Waals surface area contributed by atoms with E-state index in [2.05, 4.69) is 25.6 Å². The van der Waals surface area contributed by atoms with E-state index in [1.54, 1.807) is 18.1 Å². The van der Waals surface area contributed by atoms with Crippen LogP contribution in [0.3, 0.4) is 0 Å². The number of aryl methyl sites for hydroxylation is 1. The van der Waals surface area contributed by atoms with Gasteiger partial charge in [0.05, 0.1) is 18.6 Å². The maximum atomic E-state index is 8.52. The molecule has 0 atom stereocenters. The molecular formula is C11H18N6S. The Kier molecular flexibility index (Phi) is 6.72.